The van der Waals surface area contributed by atoms with Gasteiger partial charge in [-0.25, -0.2) is 13.2 Å². The minimum atomic E-state index is -3.96. The highest BCUT2D eigenvalue weighted by atomic mass is 35.5. The molecule has 0 radical (unpaired) electrons. The van der Waals surface area contributed by atoms with Crippen LogP contribution >= 0.6 is 11.6 Å². The third kappa shape index (κ3) is 4.22. The smallest absolute Gasteiger partial charge is 0.337 e. The molecule has 31 heavy (non-hydrogen) atoms. The van der Waals surface area contributed by atoms with Crippen molar-refractivity contribution in [3.8, 4) is 0 Å². The summed E-state index contributed by atoms with van der Waals surface area (Å²) >= 11 is 6.18. The normalized spacial score (nSPS) is 16.9. The molecule has 1 fully saturated rings. The Bertz CT molecular complexity index is 1270. The van der Waals surface area contributed by atoms with Crippen LogP contribution in [-0.4, -0.2) is 49.6 Å². The van der Waals surface area contributed by atoms with Gasteiger partial charge in [-0.15, -0.1) is 0 Å². The summed E-state index contributed by atoms with van der Waals surface area (Å²) in [6, 6.07) is 9.78. The summed E-state index contributed by atoms with van der Waals surface area (Å²) in [5.74, 6) is -1.13. The number of aromatic carboxylic acids is 1. The van der Waals surface area contributed by atoms with Crippen molar-refractivity contribution >= 4 is 49.7 Å². The maximum Gasteiger partial charge on any atom is 0.337 e. The summed E-state index contributed by atoms with van der Waals surface area (Å²) in [6.45, 7) is 2.75. The van der Waals surface area contributed by atoms with Crippen LogP contribution in [0, 0.1) is 6.92 Å². The molecule has 0 amide bonds. The first-order valence-corrected chi connectivity index (χ1v) is 11.5. The molecule has 2 aromatic carbocycles. The van der Waals surface area contributed by atoms with Gasteiger partial charge in [0, 0.05) is 29.7 Å². The van der Waals surface area contributed by atoms with Crippen LogP contribution in [0.1, 0.15) is 15.9 Å². The van der Waals surface area contributed by atoms with Crippen LogP contribution in [0.4, 0.5) is 11.4 Å². The SMILES string of the molecule is Cc1ccc(Nc2c(S(=O)(=O)C3CNCCO3)cnc3ccc(Cl)cc23)c(C(=O)O)c1. The van der Waals surface area contributed by atoms with E-state index in [4.69, 9.17) is 16.3 Å². The minimum Gasteiger partial charge on any atom is -0.478 e. The fourth-order valence-electron chi connectivity index (χ4n) is 3.45. The fraction of sp³-hybridized carbons (Fsp3) is 0.238. The highest BCUT2D eigenvalue weighted by Crippen LogP contribution is 2.36. The molecule has 3 N–H and O–H groups in total. The van der Waals surface area contributed by atoms with Gasteiger partial charge in [-0.1, -0.05) is 23.2 Å². The number of carboxylic acid groups (broad SMARTS) is 1. The number of carboxylic acids is 1. The summed E-state index contributed by atoms with van der Waals surface area (Å²) in [7, 11) is -3.96. The lowest BCUT2D eigenvalue weighted by Crippen LogP contribution is -2.43. The molecule has 4 rings (SSSR count). The van der Waals surface area contributed by atoms with Crippen LogP contribution in [0.25, 0.3) is 10.9 Å². The van der Waals surface area contributed by atoms with Crippen molar-refractivity contribution in [1.29, 1.82) is 0 Å². The molecule has 10 heteroatoms. The highest BCUT2D eigenvalue weighted by molar-refractivity contribution is 7.92. The largest absolute Gasteiger partial charge is 0.478 e. The number of morpholine rings is 1. The van der Waals surface area contributed by atoms with E-state index in [0.717, 1.165) is 5.56 Å². The summed E-state index contributed by atoms with van der Waals surface area (Å²) in [5.41, 5.74) is 0.665. The number of fused-ring (bicyclic) bond motifs is 1. The van der Waals surface area contributed by atoms with Crippen molar-refractivity contribution in [3.05, 3.63) is 58.7 Å². The number of anilines is 2. The Hall–Kier alpha value is -2.72. The number of rotatable bonds is 5. The van der Waals surface area contributed by atoms with Crippen molar-refractivity contribution in [2.75, 3.05) is 25.0 Å². The van der Waals surface area contributed by atoms with Crippen molar-refractivity contribution in [3.63, 3.8) is 0 Å². The predicted octanol–water partition coefficient (Wildman–Crippen LogP) is 3.36. The number of nitrogens with zero attached hydrogens (tertiary/aromatic N) is 1. The van der Waals surface area contributed by atoms with E-state index in [1.807, 2.05) is 0 Å². The molecule has 0 spiro atoms. The Morgan fingerprint density at radius 2 is 2.10 bits per heavy atom. The number of aromatic nitrogens is 1. The third-order valence-electron chi connectivity index (χ3n) is 5.01. The molecule has 162 valence electrons. The molecule has 8 nitrogen and oxygen atoms in total. The van der Waals surface area contributed by atoms with Gasteiger partial charge in [0.05, 0.1) is 29.1 Å². The zero-order valence-corrected chi connectivity index (χ0v) is 18.1. The number of halogens is 1. The van der Waals surface area contributed by atoms with Gasteiger partial charge < -0.3 is 20.5 Å². The second kappa shape index (κ2) is 8.43. The summed E-state index contributed by atoms with van der Waals surface area (Å²) in [4.78, 5) is 16.0. The Morgan fingerprint density at radius 1 is 1.29 bits per heavy atom. The van der Waals surface area contributed by atoms with Crippen LogP contribution in [0.3, 0.4) is 0 Å². The molecule has 0 bridgehead atoms. The molecule has 1 aromatic heterocycles. The number of hydrogen-bond donors (Lipinski definition) is 3. The van der Waals surface area contributed by atoms with E-state index in [0.29, 0.717) is 22.5 Å². The maximum absolute atomic E-state index is 13.4. The summed E-state index contributed by atoms with van der Waals surface area (Å²) in [6.07, 6.45) is 1.26. The number of carbonyl (C=O) groups is 1. The number of hydrogen-bond acceptors (Lipinski definition) is 7. The monoisotopic (exact) mass is 461 g/mol. The van der Waals surface area contributed by atoms with Crippen LogP contribution < -0.4 is 10.6 Å². The highest BCUT2D eigenvalue weighted by Gasteiger charge is 2.33. The lowest BCUT2D eigenvalue weighted by Gasteiger charge is -2.25. The van der Waals surface area contributed by atoms with E-state index in [2.05, 4.69) is 15.6 Å². The van der Waals surface area contributed by atoms with Gasteiger partial charge in [0.1, 0.15) is 4.90 Å². The standard InChI is InChI=1S/C21H20ClN3O5S/c1-12-2-4-17(15(8-12)21(26)27)25-20-14-9-13(22)3-5-16(14)24-10-18(20)31(28,29)19-11-23-6-7-30-19/h2-5,8-10,19,23H,6-7,11H2,1H3,(H,24,25)(H,26,27). The van der Waals surface area contributed by atoms with Crippen molar-refractivity contribution in [2.45, 2.75) is 17.3 Å². The van der Waals surface area contributed by atoms with E-state index >= 15 is 0 Å². The van der Waals surface area contributed by atoms with E-state index < -0.39 is 21.2 Å². The van der Waals surface area contributed by atoms with Gasteiger partial charge in [-0.05, 0) is 37.3 Å². The predicted molar refractivity (Wildman–Crippen MR) is 118 cm³/mol. The second-order valence-corrected chi connectivity index (χ2v) is 9.68. The average molecular weight is 462 g/mol. The molecule has 1 unspecified atom stereocenters. The van der Waals surface area contributed by atoms with Crippen molar-refractivity contribution in [1.82, 2.24) is 10.3 Å². The lowest BCUT2D eigenvalue weighted by atomic mass is 10.1. The molecular weight excluding hydrogens is 442 g/mol. The fourth-order valence-corrected chi connectivity index (χ4v) is 5.17. The number of aryl methyl sites for hydroxylation is 1. The molecule has 3 aromatic rings. The zero-order valence-electron chi connectivity index (χ0n) is 16.6. The molecule has 0 aliphatic carbocycles. The molecule has 1 aliphatic rings. The summed E-state index contributed by atoms with van der Waals surface area (Å²) < 4.78 is 32.3. The van der Waals surface area contributed by atoms with Crippen molar-refractivity contribution < 1.29 is 23.1 Å². The average Bonchev–Trinajstić information content (AvgIpc) is 2.75. The van der Waals surface area contributed by atoms with Gasteiger partial charge in [-0.3, -0.25) is 4.98 Å². The Balaban J connectivity index is 1.93. The summed E-state index contributed by atoms with van der Waals surface area (Å²) in [5, 5.41) is 16.5. The van der Waals surface area contributed by atoms with Gasteiger partial charge in [-0.2, -0.15) is 0 Å². The maximum atomic E-state index is 13.4. The first kappa shape index (κ1) is 21.5. The number of ether oxygens (including phenoxy) is 1. The van der Waals surface area contributed by atoms with Gasteiger partial charge in [0.25, 0.3) is 0 Å². The molecule has 1 aliphatic heterocycles. The van der Waals surface area contributed by atoms with Crippen LogP contribution in [0.5, 0.6) is 0 Å². The molecule has 1 atom stereocenters. The minimum absolute atomic E-state index is 0.0194. The first-order chi connectivity index (χ1) is 14.8. The lowest BCUT2D eigenvalue weighted by molar-refractivity contribution is 0.0698. The van der Waals surface area contributed by atoms with E-state index in [1.54, 1.807) is 37.3 Å². The number of benzene rings is 2. The molecular formula is C21H20ClN3O5S. The number of nitrogens with one attached hydrogen (secondary N) is 2. The quantitative estimate of drug-likeness (QED) is 0.529. The van der Waals surface area contributed by atoms with E-state index in [-0.39, 0.29) is 35.0 Å². The Morgan fingerprint density at radius 3 is 2.81 bits per heavy atom. The van der Waals surface area contributed by atoms with Crippen LogP contribution in [-0.2, 0) is 14.6 Å². The van der Waals surface area contributed by atoms with Gasteiger partial charge in [0.15, 0.2) is 5.44 Å². The topological polar surface area (TPSA) is 118 Å². The van der Waals surface area contributed by atoms with Crippen molar-refractivity contribution in [2.24, 2.45) is 0 Å². The molecule has 1 saturated heterocycles. The first-order valence-electron chi connectivity index (χ1n) is 9.53. The number of pyridine rings is 1. The van der Waals surface area contributed by atoms with Gasteiger partial charge in [0.2, 0.25) is 9.84 Å². The number of sulfone groups is 1. The Kier molecular flexibility index (Phi) is 5.85. The van der Waals surface area contributed by atoms with Gasteiger partial charge >= 0.3 is 5.97 Å². The Labute approximate surface area is 184 Å². The zero-order chi connectivity index (χ0) is 22.2. The van der Waals surface area contributed by atoms with Crippen LogP contribution in [0.2, 0.25) is 5.02 Å². The van der Waals surface area contributed by atoms with Crippen LogP contribution in [0.15, 0.2) is 47.5 Å². The second-order valence-electron chi connectivity index (χ2n) is 7.19. The molecule has 2 heterocycles. The third-order valence-corrected chi connectivity index (χ3v) is 7.16. The van der Waals surface area contributed by atoms with E-state index in [1.165, 1.54) is 12.3 Å². The molecule has 0 saturated carbocycles. The van der Waals surface area contributed by atoms with E-state index in [9.17, 15) is 18.3 Å².